The maximum absolute atomic E-state index is 13.8. The average molecular weight is 256 g/mol. The number of primary amides is 1. The monoisotopic (exact) mass is 256 g/mol. The Hall–Kier alpha value is -1.49. The van der Waals surface area contributed by atoms with Crippen molar-refractivity contribution < 1.29 is 13.6 Å². The van der Waals surface area contributed by atoms with Gasteiger partial charge in [0.25, 0.3) is 0 Å². The van der Waals surface area contributed by atoms with Crippen molar-refractivity contribution in [3.05, 3.63) is 35.4 Å². The van der Waals surface area contributed by atoms with Crippen molar-refractivity contribution in [2.75, 3.05) is 0 Å². The van der Waals surface area contributed by atoms with Gasteiger partial charge in [-0.1, -0.05) is 13.0 Å². The Labute approximate surface area is 105 Å². The first-order valence-corrected chi connectivity index (χ1v) is 5.85. The number of rotatable bonds is 5. The molecule has 0 spiro atoms. The van der Waals surface area contributed by atoms with Crippen LogP contribution in [-0.4, -0.2) is 11.9 Å². The minimum Gasteiger partial charge on any atom is -0.368 e. The SMILES string of the molecule is CCC(C)NC(C)(C(N)=O)c1c(F)cccc1F. The van der Waals surface area contributed by atoms with E-state index in [9.17, 15) is 13.6 Å². The zero-order valence-electron chi connectivity index (χ0n) is 10.8. The van der Waals surface area contributed by atoms with Gasteiger partial charge in [0, 0.05) is 6.04 Å². The molecule has 0 aliphatic heterocycles. The van der Waals surface area contributed by atoms with E-state index in [4.69, 9.17) is 5.73 Å². The van der Waals surface area contributed by atoms with Crippen LogP contribution in [0.4, 0.5) is 8.78 Å². The van der Waals surface area contributed by atoms with Crippen LogP contribution in [0.1, 0.15) is 32.8 Å². The van der Waals surface area contributed by atoms with E-state index in [1.165, 1.54) is 13.0 Å². The molecule has 3 nitrogen and oxygen atoms in total. The number of nitrogens with one attached hydrogen (secondary N) is 1. The molecule has 18 heavy (non-hydrogen) atoms. The van der Waals surface area contributed by atoms with Gasteiger partial charge >= 0.3 is 0 Å². The minimum atomic E-state index is -1.56. The molecule has 0 aliphatic rings. The number of benzene rings is 1. The first kappa shape index (κ1) is 14.6. The Morgan fingerprint density at radius 2 is 1.94 bits per heavy atom. The molecule has 1 aromatic carbocycles. The summed E-state index contributed by atoms with van der Waals surface area (Å²) in [5.74, 6) is -2.38. The standard InChI is InChI=1S/C13H18F2N2O/c1-4-8(2)17-13(3,12(16)18)11-9(14)6-5-7-10(11)15/h5-8,17H,4H2,1-3H3,(H2,16,18). The molecule has 5 heteroatoms. The zero-order chi connectivity index (χ0) is 13.9. The van der Waals surface area contributed by atoms with E-state index in [2.05, 4.69) is 5.32 Å². The Kier molecular flexibility index (Phi) is 4.40. The van der Waals surface area contributed by atoms with E-state index in [0.29, 0.717) is 6.42 Å². The Morgan fingerprint density at radius 1 is 1.44 bits per heavy atom. The van der Waals surface area contributed by atoms with Crippen molar-refractivity contribution in [1.82, 2.24) is 5.32 Å². The lowest BCUT2D eigenvalue weighted by Gasteiger charge is -2.31. The minimum absolute atomic E-state index is 0.0958. The highest BCUT2D eigenvalue weighted by Crippen LogP contribution is 2.27. The van der Waals surface area contributed by atoms with Gasteiger partial charge in [0.2, 0.25) is 5.91 Å². The van der Waals surface area contributed by atoms with Crippen LogP contribution in [0.25, 0.3) is 0 Å². The fraction of sp³-hybridized carbons (Fsp3) is 0.462. The predicted octanol–water partition coefficient (Wildman–Crippen LogP) is 2.05. The summed E-state index contributed by atoms with van der Waals surface area (Å²) in [5.41, 5.74) is 3.41. The smallest absolute Gasteiger partial charge is 0.242 e. The van der Waals surface area contributed by atoms with Crippen molar-refractivity contribution in [2.45, 2.75) is 38.8 Å². The van der Waals surface area contributed by atoms with Crippen LogP contribution in [0, 0.1) is 11.6 Å². The molecule has 1 rings (SSSR count). The Morgan fingerprint density at radius 3 is 2.33 bits per heavy atom. The van der Waals surface area contributed by atoms with Crippen molar-refractivity contribution in [1.29, 1.82) is 0 Å². The van der Waals surface area contributed by atoms with E-state index in [0.717, 1.165) is 12.1 Å². The fourth-order valence-corrected chi connectivity index (χ4v) is 1.84. The first-order chi connectivity index (χ1) is 8.32. The summed E-state index contributed by atoms with van der Waals surface area (Å²) in [6, 6.07) is 3.37. The molecule has 1 amide bonds. The number of hydrogen-bond acceptors (Lipinski definition) is 2. The van der Waals surface area contributed by atoms with Crippen LogP contribution in [0.2, 0.25) is 0 Å². The molecule has 0 aromatic heterocycles. The molecule has 3 N–H and O–H groups in total. The largest absolute Gasteiger partial charge is 0.368 e. The second kappa shape index (κ2) is 5.44. The molecular formula is C13H18F2N2O. The third kappa shape index (κ3) is 2.67. The third-order valence-electron chi connectivity index (χ3n) is 3.10. The number of carbonyl (C=O) groups excluding carboxylic acids is 1. The lowest BCUT2D eigenvalue weighted by molar-refractivity contribution is -0.124. The number of amides is 1. The maximum atomic E-state index is 13.8. The van der Waals surface area contributed by atoms with Crippen LogP contribution >= 0.6 is 0 Å². The Balaban J connectivity index is 3.32. The van der Waals surface area contributed by atoms with E-state index in [1.807, 2.05) is 13.8 Å². The highest BCUT2D eigenvalue weighted by atomic mass is 19.1. The zero-order valence-corrected chi connectivity index (χ0v) is 10.8. The van der Waals surface area contributed by atoms with Gasteiger partial charge in [-0.15, -0.1) is 0 Å². The van der Waals surface area contributed by atoms with Gasteiger partial charge in [0.1, 0.15) is 17.2 Å². The summed E-state index contributed by atoms with van der Waals surface area (Å²) >= 11 is 0. The van der Waals surface area contributed by atoms with Crippen molar-refractivity contribution in [3.8, 4) is 0 Å². The molecule has 0 saturated heterocycles. The summed E-state index contributed by atoms with van der Waals surface area (Å²) in [5, 5.41) is 2.89. The molecule has 1 aromatic rings. The summed E-state index contributed by atoms with van der Waals surface area (Å²) in [7, 11) is 0. The van der Waals surface area contributed by atoms with Gasteiger partial charge in [-0.3, -0.25) is 10.1 Å². The molecule has 2 atom stereocenters. The summed E-state index contributed by atoms with van der Waals surface area (Å²) in [6.07, 6.45) is 0.707. The van der Waals surface area contributed by atoms with Gasteiger partial charge in [0.05, 0.1) is 5.56 Å². The number of nitrogens with two attached hydrogens (primary N) is 1. The quantitative estimate of drug-likeness (QED) is 0.847. The molecule has 0 radical (unpaired) electrons. The van der Waals surface area contributed by atoms with Gasteiger partial charge in [-0.05, 0) is 32.4 Å². The second-order valence-corrected chi connectivity index (χ2v) is 4.54. The fourth-order valence-electron chi connectivity index (χ4n) is 1.84. The molecule has 100 valence electrons. The number of carbonyl (C=O) groups is 1. The molecule has 0 fully saturated rings. The molecule has 0 bridgehead atoms. The normalized spacial score (nSPS) is 16.1. The van der Waals surface area contributed by atoms with Crippen molar-refractivity contribution >= 4 is 5.91 Å². The van der Waals surface area contributed by atoms with Gasteiger partial charge < -0.3 is 5.73 Å². The van der Waals surface area contributed by atoms with Crippen LogP contribution in [0.3, 0.4) is 0 Å². The maximum Gasteiger partial charge on any atom is 0.242 e. The summed E-state index contributed by atoms with van der Waals surface area (Å²) in [6.45, 7) is 5.11. The van der Waals surface area contributed by atoms with Crippen LogP contribution in [-0.2, 0) is 10.3 Å². The molecule has 0 aliphatic carbocycles. The average Bonchev–Trinajstić information content (AvgIpc) is 2.28. The first-order valence-electron chi connectivity index (χ1n) is 5.85. The van der Waals surface area contributed by atoms with E-state index in [1.54, 1.807) is 0 Å². The number of halogens is 2. The molecule has 0 heterocycles. The van der Waals surface area contributed by atoms with Crippen LogP contribution < -0.4 is 11.1 Å². The van der Waals surface area contributed by atoms with E-state index < -0.39 is 23.1 Å². The highest BCUT2D eigenvalue weighted by molar-refractivity contribution is 5.85. The highest BCUT2D eigenvalue weighted by Gasteiger charge is 2.38. The Bertz CT molecular complexity index is 430. The summed E-state index contributed by atoms with van der Waals surface area (Å²) < 4.78 is 27.5. The van der Waals surface area contributed by atoms with Crippen LogP contribution in [0.5, 0.6) is 0 Å². The predicted molar refractivity (Wildman–Crippen MR) is 65.8 cm³/mol. The lowest BCUT2D eigenvalue weighted by atomic mass is 9.89. The third-order valence-corrected chi connectivity index (χ3v) is 3.10. The molecule has 0 saturated carbocycles. The van der Waals surface area contributed by atoms with Crippen LogP contribution in [0.15, 0.2) is 18.2 Å². The van der Waals surface area contributed by atoms with Crippen molar-refractivity contribution in [3.63, 3.8) is 0 Å². The van der Waals surface area contributed by atoms with Gasteiger partial charge in [-0.2, -0.15) is 0 Å². The van der Waals surface area contributed by atoms with Crippen molar-refractivity contribution in [2.24, 2.45) is 5.73 Å². The lowest BCUT2D eigenvalue weighted by Crippen LogP contribution is -2.54. The summed E-state index contributed by atoms with van der Waals surface area (Å²) in [4.78, 5) is 11.6. The second-order valence-electron chi connectivity index (χ2n) is 4.54. The van der Waals surface area contributed by atoms with Gasteiger partial charge in [0.15, 0.2) is 0 Å². The molecule has 2 unspecified atom stereocenters. The topological polar surface area (TPSA) is 55.1 Å². The molecular weight excluding hydrogens is 238 g/mol. The van der Waals surface area contributed by atoms with E-state index >= 15 is 0 Å². The van der Waals surface area contributed by atoms with E-state index in [-0.39, 0.29) is 11.6 Å². The number of hydrogen-bond donors (Lipinski definition) is 2. The van der Waals surface area contributed by atoms with Gasteiger partial charge in [-0.25, -0.2) is 8.78 Å².